The van der Waals surface area contributed by atoms with Crippen LogP contribution >= 0.6 is 0 Å². The van der Waals surface area contributed by atoms with Crippen LogP contribution in [0, 0.1) is 11.6 Å². The van der Waals surface area contributed by atoms with E-state index >= 15 is 0 Å². The second kappa shape index (κ2) is 6.12. The molecule has 4 nitrogen and oxygen atoms in total. The molecule has 0 radical (unpaired) electrons. The van der Waals surface area contributed by atoms with Crippen molar-refractivity contribution in [1.82, 2.24) is 4.98 Å². The molecule has 0 fully saturated rings. The van der Waals surface area contributed by atoms with Crippen LogP contribution in [0.5, 0.6) is 0 Å². The molecule has 0 aliphatic carbocycles. The number of hydrogen-bond acceptors (Lipinski definition) is 4. The monoisotopic (exact) mass is 244 g/mol. The van der Waals surface area contributed by atoms with Crippen LogP contribution in [-0.2, 0) is 9.53 Å². The fourth-order valence-corrected chi connectivity index (χ4v) is 1.34. The number of halogens is 2. The quantitative estimate of drug-likeness (QED) is 0.740. The summed E-state index contributed by atoms with van der Waals surface area (Å²) in [5.74, 6) is -2.07. The van der Waals surface area contributed by atoms with Gasteiger partial charge in [0.15, 0.2) is 11.6 Å². The van der Waals surface area contributed by atoms with Crippen LogP contribution in [0.1, 0.15) is 13.8 Å². The Morgan fingerprint density at radius 3 is 2.71 bits per heavy atom. The van der Waals surface area contributed by atoms with E-state index < -0.39 is 17.6 Å². The van der Waals surface area contributed by atoms with E-state index in [1.807, 2.05) is 0 Å². The third-order valence-electron chi connectivity index (χ3n) is 2.09. The van der Waals surface area contributed by atoms with E-state index in [1.54, 1.807) is 13.8 Å². The molecule has 0 N–H and O–H groups in total. The number of likely N-dealkylation sites (N-methyl/N-ethyl adjacent to an activating group) is 1. The number of rotatable bonds is 5. The van der Waals surface area contributed by atoms with E-state index in [0.717, 1.165) is 12.3 Å². The van der Waals surface area contributed by atoms with Gasteiger partial charge in [0.25, 0.3) is 0 Å². The summed E-state index contributed by atoms with van der Waals surface area (Å²) in [6, 6.07) is 0.732. The second-order valence-corrected chi connectivity index (χ2v) is 3.28. The lowest BCUT2D eigenvalue weighted by atomic mass is 10.3. The van der Waals surface area contributed by atoms with Crippen molar-refractivity contribution in [3.8, 4) is 0 Å². The third-order valence-corrected chi connectivity index (χ3v) is 2.09. The Balaban J connectivity index is 2.82. The van der Waals surface area contributed by atoms with Gasteiger partial charge in [0.1, 0.15) is 12.4 Å². The van der Waals surface area contributed by atoms with Gasteiger partial charge >= 0.3 is 5.97 Å². The standard InChI is InChI=1S/C11H14F2N2O2/c1-3-15(7-10(16)17-4-2)11-9(13)5-8(12)6-14-11/h5-6H,3-4,7H2,1-2H3. The van der Waals surface area contributed by atoms with Crippen LogP contribution in [0.2, 0.25) is 0 Å². The Morgan fingerprint density at radius 1 is 1.47 bits per heavy atom. The van der Waals surface area contributed by atoms with Crippen molar-refractivity contribution in [2.75, 3.05) is 24.6 Å². The molecule has 17 heavy (non-hydrogen) atoms. The number of pyridine rings is 1. The molecule has 0 atom stereocenters. The molecule has 0 saturated heterocycles. The van der Waals surface area contributed by atoms with Gasteiger partial charge in [-0.3, -0.25) is 4.79 Å². The van der Waals surface area contributed by atoms with Crippen molar-refractivity contribution in [2.24, 2.45) is 0 Å². The van der Waals surface area contributed by atoms with E-state index in [0.29, 0.717) is 6.54 Å². The molecule has 0 bridgehead atoms. The summed E-state index contributed by atoms with van der Waals surface area (Å²) in [4.78, 5) is 16.3. The first-order valence-corrected chi connectivity index (χ1v) is 5.30. The van der Waals surface area contributed by atoms with Crippen LogP contribution in [0.4, 0.5) is 14.6 Å². The van der Waals surface area contributed by atoms with E-state index in [-0.39, 0.29) is 19.0 Å². The van der Waals surface area contributed by atoms with E-state index in [1.165, 1.54) is 4.90 Å². The third kappa shape index (κ3) is 3.65. The molecule has 1 aromatic rings. The second-order valence-electron chi connectivity index (χ2n) is 3.28. The van der Waals surface area contributed by atoms with Crippen molar-refractivity contribution in [2.45, 2.75) is 13.8 Å². The Labute approximate surface area is 98.2 Å². The largest absolute Gasteiger partial charge is 0.465 e. The maximum atomic E-state index is 13.4. The first-order valence-electron chi connectivity index (χ1n) is 5.30. The Hall–Kier alpha value is -1.72. The van der Waals surface area contributed by atoms with Gasteiger partial charge in [-0.1, -0.05) is 0 Å². The smallest absolute Gasteiger partial charge is 0.325 e. The highest BCUT2D eigenvalue weighted by Gasteiger charge is 2.16. The lowest BCUT2D eigenvalue weighted by molar-refractivity contribution is -0.141. The molecular formula is C11H14F2N2O2. The average Bonchev–Trinajstić information content (AvgIpc) is 2.27. The summed E-state index contributed by atoms with van der Waals surface area (Å²) in [6.45, 7) is 3.94. The minimum atomic E-state index is -0.795. The molecule has 0 amide bonds. The minimum Gasteiger partial charge on any atom is -0.465 e. The average molecular weight is 244 g/mol. The van der Waals surface area contributed by atoms with Crippen LogP contribution in [-0.4, -0.2) is 30.6 Å². The van der Waals surface area contributed by atoms with Gasteiger partial charge in [0.2, 0.25) is 0 Å². The van der Waals surface area contributed by atoms with Gasteiger partial charge in [0.05, 0.1) is 12.8 Å². The number of carbonyl (C=O) groups excluding carboxylic acids is 1. The van der Waals surface area contributed by atoms with Gasteiger partial charge < -0.3 is 9.64 Å². The number of aromatic nitrogens is 1. The van der Waals surface area contributed by atoms with Crippen LogP contribution in [0.25, 0.3) is 0 Å². The van der Waals surface area contributed by atoms with Crippen molar-refractivity contribution in [1.29, 1.82) is 0 Å². The maximum Gasteiger partial charge on any atom is 0.325 e. The first kappa shape index (κ1) is 13.3. The zero-order valence-electron chi connectivity index (χ0n) is 9.74. The van der Waals surface area contributed by atoms with Gasteiger partial charge in [-0.05, 0) is 13.8 Å². The highest BCUT2D eigenvalue weighted by molar-refractivity contribution is 5.75. The topological polar surface area (TPSA) is 42.4 Å². The van der Waals surface area contributed by atoms with Crippen molar-refractivity contribution < 1.29 is 18.3 Å². The lowest BCUT2D eigenvalue weighted by Crippen LogP contribution is -2.32. The summed E-state index contributed by atoms with van der Waals surface area (Å²) in [5, 5.41) is 0. The molecule has 6 heteroatoms. The summed E-state index contributed by atoms with van der Waals surface area (Å²) in [5.41, 5.74) is 0. The van der Waals surface area contributed by atoms with E-state index in [4.69, 9.17) is 4.74 Å². The number of ether oxygens (including phenoxy) is 1. The highest BCUT2D eigenvalue weighted by Crippen LogP contribution is 2.16. The summed E-state index contributed by atoms with van der Waals surface area (Å²) in [7, 11) is 0. The van der Waals surface area contributed by atoms with Crippen LogP contribution in [0.3, 0.4) is 0 Å². The van der Waals surface area contributed by atoms with E-state index in [9.17, 15) is 13.6 Å². The lowest BCUT2D eigenvalue weighted by Gasteiger charge is -2.20. The van der Waals surface area contributed by atoms with Crippen molar-refractivity contribution in [3.05, 3.63) is 23.9 Å². The molecule has 0 aromatic carbocycles. The van der Waals surface area contributed by atoms with Crippen molar-refractivity contribution >= 4 is 11.8 Å². The molecule has 0 saturated carbocycles. The zero-order valence-corrected chi connectivity index (χ0v) is 9.74. The first-order chi connectivity index (χ1) is 8.08. The molecule has 0 aliphatic heterocycles. The fourth-order valence-electron chi connectivity index (χ4n) is 1.34. The Kier molecular flexibility index (Phi) is 4.81. The Morgan fingerprint density at radius 2 is 2.18 bits per heavy atom. The summed E-state index contributed by atoms with van der Waals surface area (Å²) in [6.07, 6.45) is 0.909. The molecule has 1 heterocycles. The number of nitrogens with zero attached hydrogens (tertiary/aromatic N) is 2. The van der Waals surface area contributed by atoms with Gasteiger partial charge in [0, 0.05) is 12.6 Å². The van der Waals surface area contributed by atoms with Crippen molar-refractivity contribution in [3.63, 3.8) is 0 Å². The minimum absolute atomic E-state index is 0.0537. The number of carbonyl (C=O) groups is 1. The molecular weight excluding hydrogens is 230 g/mol. The predicted octanol–water partition coefficient (Wildman–Crippen LogP) is 1.75. The van der Waals surface area contributed by atoms with Gasteiger partial charge in [-0.15, -0.1) is 0 Å². The summed E-state index contributed by atoms with van der Waals surface area (Å²) < 4.78 is 30.9. The molecule has 94 valence electrons. The normalized spacial score (nSPS) is 10.1. The maximum absolute atomic E-state index is 13.4. The number of esters is 1. The molecule has 0 spiro atoms. The molecule has 0 aliphatic rings. The molecule has 0 unspecified atom stereocenters. The van der Waals surface area contributed by atoms with E-state index in [2.05, 4.69) is 4.98 Å². The molecule has 1 rings (SSSR count). The Bertz CT molecular complexity index is 399. The predicted molar refractivity (Wildman–Crippen MR) is 58.7 cm³/mol. The zero-order chi connectivity index (χ0) is 12.8. The fraction of sp³-hybridized carbons (Fsp3) is 0.455. The van der Waals surface area contributed by atoms with Gasteiger partial charge in [-0.25, -0.2) is 13.8 Å². The van der Waals surface area contributed by atoms with Crippen LogP contribution < -0.4 is 4.90 Å². The highest BCUT2D eigenvalue weighted by atomic mass is 19.1. The van der Waals surface area contributed by atoms with Crippen LogP contribution in [0.15, 0.2) is 12.3 Å². The summed E-state index contributed by atoms with van der Waals surface area (Å²) >= 11 is 0. The molecule has 1 aromatic heterocycles. The SMILES string of the molecule is CCOC(=O)CN(CC)c1ncc(F)cc1F. The number of hydrogen-bond donors (Lipinski definition) is 0. The van der Waals surface area contributed by atoms with Gasteiger partial charge in [-0.2, -0.15) is 0 Å². The number of anilines is 1.